The predicted octanol–water partition coefficient (Wildman–Crippen LogP) is 4.43. The molecule has 2 heterocycles. The van der Waals surface area contributed by atoms with Crippen LogP contribution >= 0.6 is 27.3 Å². The largest absolute Gasteiger partial charge is 0.507 e. The van der Waals surface area contributed by atoms with Gasteiger partial charge in [0.25, 0.3) is 5.56 Å². The number of phenols is 1. The summed E-state index contributed by atoms with van der Waals surface area (Å²) in [5.74, 6) is 0.0479. The van der Waals surface area contributed by atoms with Crippen LogP contribution in [0.1, 0.15) is 31.0 Å². The number of benzene rings is 3. The molecule has 1 aliphatic heterocycles. The summed E-state index contributed by atoms with van der Waals surface area (Å²) >= 11 is 4.60. The van der Waals surface area contributed by atoms with Crippen molar-refractivity contribution in [2.45, 2.75) is 19.9 Å². The van der Waals surface area contributed by atoms with E-state index in [4.69, 9.17) is 9.47 Å². The highest BCUT2D eigenvalue weighted by molar-refractivity contribution is 9.10. The molecule has 1 aromatic heterocycles. The van der Waals surface area contributed by atoms with Gasteiger partial charge < -0.3 is 14.6 Å². The molecule has 0 aliphatic carbocycles. The third-order valence-electron chi connectivity index (χ3n) is 6.22. The summed E-state index contributed by atoms with van der Waals surface area (Å²) in [5, 5.41) is 12.1. The van der Waals surface area contributed by atoms with Crippen LogP contribution in [0.3, 0.4) is 0 Å². The lowest BCUT2D eigenvalue weighted by atomic mass is 9.90. The Labute approximate surface area is 224 Å². The molecule has 0 bridgehead atoms. The Morgan fingerprint density at radius 1 is 1.22 bits per heavy atom. The van der Waals surface area contributed by atoms with E-state index in [1.165, 1.54) is 15.9 Å². The topological polar surface area (TPSA) is 90.1 Å². The van der Waals surface area contributed by atoms with Crippen molar-refractivity contribution in [2.75, 3.05) is 13.7 Å². The van der Waals surface area contributed by atoms with Crippen LogP contribution in [0.15, 0.2) is 80.1 Å². The third kappa shape index (κ3) is 4.38. The summed E-state index contributed by atoms with van der Waals surface area (Å²) < 4.78 is 13.8. The van der Waals surface area contributed by atoms with Crippen molar-refractivity contribution in [3.8, 4) is 11.5 Å². The molecule has 0 saturated carbocycles. The van der Waals surface area contributed by atoms with E-state index in [0.29, 0.717) is 31.9 Å². The molecule has 1 atom stereocenters. The standard InChI is InChI=1S/C28H23BrN2O5S/c1-4-36-27(34)23-15(2)30-28-31(26(33)22(37-28)14-17-13-18(29)10-11-20(17)32)25(23)24-19-8-6-5-7-16(19)9-12-21(24)35-3/h5-14,25,32H,4H2,1-3H3. The molecule has 7 nitrogen and oxygen atoms in total. The summed E-state index contributed by atoms with van der Waals surface area (Å²) in [6.45, 7) is 3.66. The monoisotopic (exact) mass is 578 g/mol. The highest BCUT2D eigenvalue weighted by Crippen LogP contribution is 2.40. The molecular weight excluding hydrogens is 556 g/mol. The number of esters is 1. The van der Waals surface area contributed by atoms with Gasteiger partial charge in [-0.05, 0) is 55.0 Å². The van der Waals surface area contributed by atoms with Crippen molar-refractivity contribution < 1.29 is 19.4 Å². The molecule has 1 N–H and O–H groups in total. The number of methoxy groups -OCH3 is 1. The molecule has 0 fully saturated rings. The number of aromatic nitrogens is 1. The van der Waals surface area contributed by atoms with Gasteiger partial charge in [-0.1, -0.05) is 57.6 Å². The fourth-order valence-corrected chi connectivity index (χ4v) is 6.00. The summed E-state index contributed by atoms with van der Waals surface area (Å²) in [6, 6.07) is 15.7. The molecule has 188 valence electrons. The Balaban J connectivity index is 1.86. The number of nitrogens with zero attached hydrogens (tertiary/aromatic N) is 2. The first-order chi connectivity index (χ1) is 17.8. The first kappa shape index (κ1) is 25.0. The number of halogens is 1. The van der Waals surface area contributed by atoms with Gasteiger partial charge >= 0.3 is 5.97 Å². The third-order valence-corrected chi connectivity index (χ3v) is 7.69. The lowest BCUT2D eigenvalue weighted by Gasteiger charge is -2.27. The number of phenolic OH excluding ortho intramolecular Hbond substituents is 1. The van der Waals surface area contributed by atoms with Crippen LogP contribution in [-0.2, 0) is 9.53 Å². The SMILES string of the molecule is CCOC(=O)C1=C(C)N=c2sc(=Cc3cc(Br)ccc3O)c(=O)n2C1c1c(OC)ccc2ccccc12. The first-order valence-corrected chi connectivity index (χ1v) is 13.2. The van der Waals surface area contributed by atoms with Gasteiger partial charge in [0.05, 0.1) is 29.5 Å². The molecule has 5 rings (SSSR count). The van der Waals surface area contributed by atoms with E-state index < -0.39 is 12.0 Å². The summed E-state index contributed by atoms with van der Waals surface area (Å²) in [7, 11) is 1.56. The Morgan fingerprint density at radius 2 is 2.00 bits per heavy atom. The molecule has 0 radical (unpaired) electrons. The number of allylic oxidation sites excluding steroid dienone is 1. The smallest absolute Gasteiger partial charge is 0.338 e. The molecule has 0 spiro atoms. The number of carbonyl (C=O) groups excluding carboxylic acids is 1. The van der Waals surface area contributed by atoms with E-state index >= 15 is 0 Å². The van der Waals surface area contributed by atoms with Gasteiger partial charge in [-0.3, -0.25) is 9.36 Å². The maximum atomic E-state index is 13.9. The molecule has 1 unspecified atom stereocenters. The van der Waals surface area contributed by atoms with Gasteiger partial charge in [-0.2, -0.15) is 0 Å². The van der Waals surface area contributed by atoms with E-state index in [1.807, 2.05) is 36.4 Å². The van der Waals surface area contributed by atoms with Gasteiger partial charge in [0.15, 0.2) is 4.80 Å². The lowest BCUT2D eigenvalue weighted by molar-refractivity contribution is -0.139. The normalized spacial score (nSPS) is 15.5. The summed E-state index contributed by atoms with van der Waals surface area (Å²) in [5.41, 5.74) is 1.57. The summed E-state index contributed by atoms with van der Waals surface area (Å²) in [4.78, 5) is 32.3. The fraction of sp³-hybridized carbons (Fsp3) is 0.179. The minimum Gasteiger partial charge on any atom is -0.507 e. The number of carbonyl (C=O) groups is 1. The zero-order valence-corrected chi connectivity index (χ0v) is 22.7. The van der Waals surface area contributed by atoms with Crippen molar-refractivity contribution in [1.29, 1.82) is 0 Å². The maximum Gasteiger partial charge on any atom is 0.338 e. The van der Waals surface area contributed by atoms with E-state index in [1.54, 1.807) is 45.2 Å². The summed E-state index contributed by atoms with van der Waals surface area (Å²) in [6.07, 6.45) is 1.63. The Morgan fingerprint density at radius 3 is 2.76 bits per heavy atom. The number of hydrogen-bond donors (Lipinski definition) is 1. The minimum atomic E-state index is -0.824. The highest BCUT2D eigenvalue weighted by Gasteiger charge is 2.36. The van der Waals surface area contributed by atoms with Crippen LogP contribution in [0.4, 0.5) is 0 Å². The molecule has 4 aromatic rings. The number of hydrogen-bond acceptors (Lipinski definition) is 7. The van der Waals surface area contributed by atoms with Gasteiger partial charge in [-0.25, -0.2) is 9.79 Å². The van der Waals surface area contributed by atoms with Crippen molar-refractivity contribution in [3.05, 3.63) is 101 Å². The van der Waals surface area contributed by atoms with E-state index in [-0.39, 0.29) is 23.5 Å². The molecule has 3 aromatic carbocycles. The van der Waals surface area contributed by atoms with Gasteiger partial charge in [-0.15, -0.1) is 0 Å². The number of thiazole rings is 1. The highest BCUT2D eigenvalue weighted by atomic mass is 79.9. The molecule has 0 saturated heterocycles. The first-order valence-electron chi connectivity index (χ1n) is 11.6. The van der Waals surface area contributed by atoms with Crippen molar-refractivity contribution >= 4 is 50.1 Å². The molecule has 9 heteroatoms. The predicted molar refractivity (Wildman–Crippen MR) is 147 cm³/mol. The van der Waals surface area contributed by atoms with Crippen LogP contribution in [0, 0.1) is 0 Å². The van der Waals surface area contributed by atoms with Crippen molar-refractivity contribution in [1.82, 2.24) is 4.57 Å². The Hall–Kier alpha value is -3.69. The Bertz CT molecular complexity index is 1770. The van der Waals surface area contributed by atoms with Crippen LogP contribution in [0.25, 0.3) is 16.8 Å². The average Bonchev–Trinajstić information content (AvgIpc) is 3.19. The zero-order chi connectivity index (χ0) is 26.3. The number of aromatic hydroxyl groups is 1. The molecule has 0 amide bonds. The second-order valence-electron chi connectivity index (χ2n) is 8.41. The van der Waals surface area contributed by atoms with Crippen LogP contribution in [0.2, 0.25) is 0 Å². The van der Waals surface area contributed by atoms with Crippen LogP contribution < -0.4 is 19.6 Å². The Kier molecular flexibility index (Phi) is 6.74. The quantitative estimate of drug-likeness (QED) is 0.354. The number of rotatable bonds is 5. The average molecular weight is 579 g/mol. The van der Waals surface area contributed by atoms with Gasteiger partial charge in [0.1, 0.15) is 17.5 Å². The molecule has 37 heavy (non-hydrogen) atoms. The second-order valence-corrected chi connectivity index (χ2v) is 10.3. The van der Waals surface area contributed by atoms with Crippen LogP contribution in [-0.4, -0.2) is 29.4 Å². The maximum absolute atomic E-state index is 13.9. The van der Waals surface area contributed by atoms with E-state index in [2.05, 4.69) is 20.9 Å². The van der Waals surface area contributed by atoms with Gasteiger partial charge in [0, 0.05) is 15.6 Å². The van der Waals surface area contributed by atoms with E-state index in [0.717, 1.165) is 15.2 Å². The van der Waals surface area contributed by atoms with Crippen LogP contribution in [0.5, 0.6) is 11.5 Å². The second kappa shape index (κ2) is 9.99. The van der Waals surface area contributed by atoms with Crippen molar-refractivity contribution in [2.24, 2.45) is 4.99 Å². The fourth-order valence-electron chi connectivity index (χ4n) is 4.58. The van der Waals surface area contributed by atoms with E-state index in [9.17, 15) is 14.7 Å². The lowest BCUT2D eigenvalue weighted by Crippen LogP contribution is -2.40. The molecular formula is C28H23BrN2O5S. The molecule has 1 aliphatic rings. The number of fused-ring (bicyclic) bond motifs is 2. The van der Waals surface area contributed by atoms with Crippen molar-refractivity contribution in [3.63, 3.8) is 0 Å². The van der Waals surface area contributed by atoms with Gasteiger partial charge in [0.2, 0.25) is 0 Å². The number of ether oxygens (including phenoxy) is 2. The minimum absolute atomic E-state index is 0.0460. The zero-order valence-electron chi connectivity index (χ0n) is 20.3.